The summed E-state index contributed by atoms with van der Waals surface area (Å²) < 4.78 is 0. The summed E-state index contributed by atoms with van der Waals surface area (Å²) in [6.45, 7) is 3.20. The average molecular weight is 145 g/mol. The van der Waals surface area contributed by atoms with Gasteiger partial charge in [0.1, 0.15) is 6.54 Å². The molecule has 0 saturated carbocycles. The van der Waals surface area contributed by atoms with Crippen LogP contribution in [0.5, 0.6) is 0 Å². The fourth-order valence-electron chi connectivity index (χ4n) is 0.423. The number of nitrogens with zero attached hydrogens (tertiary/aromatic N) is 2. The number of rotatable bonds is 3. The third kappa shape index (κ3) is 4.14. The summed E-state index contributed by atoms with van der Waals surface area (Å²) in [5.41, 5.74) is 6.55. The van der Waals surface area contributed by atoms with Crippen LogP contribution in [0.4, 0.5) is 0 Å². The van der Waals surface area contributed by atoms with E-state index in [4.69, 9.17) is 5.53 Å². The average Bonchev–Trinajstić information content (AvgIpc) is 1.88. The van der Waals surface area contributed by atoms with Crippen molar-refractivity contribution in [3.8, 4) is 0 Å². The first kappa shape index (κ1) is 8.62. The number of thioether (sulfide) groups is 1. The van der Waals surface area contributed by atoms with Crippen molar-refractivity contribution in [3.05, 3.63) is 0 Å². The second-order valence-corrected chi connectivity index (χ2v) is 2.27. The van der Waals surface area contributed by atoms with Gasteiger partial charge in [-0.2, -0.15) is 5.11 Å². The van der Waals surface area contributed by atoms with Crippen molar-refractivity contribution in [1.82, 2.24) is 0 Å². The largest absolute Gasteiger partial charge is 0.281 e. The monoisotopic (exact) mass is 145 g/mol. The maximum Gasteiger partial charge on any atom is 0.107 e. The van der Waals surface area contributed by atoms with Gasteiger partial charge in [-0.1, -0.05) is 0 Å². The van der Waals surface area contributed by atoms with Crippen molar-refractivity contribution in [2.24, 2.45) is 10.1 Å². The molecule has 1 N–H and O–H groups in total. The van der Waals surface area contributed by atoms with Gasteiger partial charge in [0, 0.05) is 6.54 Å². The molecule has 0 aliphatic carbocycles. The predicted octanol–water partition coefficient (Wildman–Crippen LogP) is 1.80. The molecular weight excluding hydrogens is 134 g/mol. The van der Waals surface area contributed by atoms with E-state index >= 15 is 0 Å². The maximum atomic E-state index is 6.55. The Morgan fingerprint density at radius 1 is 1.67 bits per heavy atom. The van der Waals surface area contributed by atoms with Crippen molar-refractivity contribution in [2.75, 3.05) is 19.3 Å². The van der Waals surface area contributed by atoms with Gasteiger partial charge in [0.05, 0.1) is 5.04 Å². The molecule has 4 heteroatoms. The van der Waals surface area contributed by atoms with Crippen LogP contribution in [0.3, 0.4) is 0 Å². The van der Waals surface area contributed by atoms with Gasteiger partial charge in [-0.15, -0.1) is 11.8 Å². The Morgan fingerprint density at radius 2 is 2.33 bits per heavy atom. The van der Waals surface area contributed by atoms with Gasteiger partial charge in [0.2, 0.25) is 0 Å². The highest BCUT2D eigenvalue weighted by atomic mass is 32.2. The molecule has 0 bridgehead atoms. The molecule has 0 aromatic carbocycles. The first-order chi connectivity index (χ1) is 4.35. The van der Waals surface area contributed by atoms with Gasteiger partial charge in [0.15, 0.2) is 0 Å². The molecule has 52 valence electrons. The molecule has 0 aliphatic rings. The lowest BCUT2D eigenvalue weighted by atomic mass is 10.7. The van der Waals surface area contributed by atoms with Crippen molar-refractivity contribution < 1.29 is 0 Å². The number of nitrogens with one attached hydrogen (secondary N) is 1. The zero-order valence-corrected chi connectivity index (χ0v) is 6.53. The van der Waals surface area contributed by atoms with Crippen LogP contribution in [-0.2, 0) is 0 Å². The van der Waals surface area contributed by atoms with Crippen LogP contribution in [0.1, 0.15) is 6.92 Å². The van der Waals surface area contributed by atoms with E-state index in [1.54, 1.807) is 11.8 Å². The molecule has 0 aromatic heterocycles. The first-order valence-corrected chi connectivity index (χ1v) is 3.98. The lowest BCUT2D eigenvalue weighted by molar-refractivity contribution is 1.02. The van der Waals surface area contributed by atoms with Crippen LogP contribution in [0, 0.1) is 5.53 Å². The molecule has 0 atom stereocenters. The molecule has 0 aliphatic heterocycles. The topological polar surface area (TPSA) is 48.6 Å². The molecule has 0 rings (SSSR count). The van der Waals surface area contributed by atoms with Crippen LogP contribution in [0.2, 0.25) is 0 Å². The number of hydrogen-bond donors (Lipinski definition) is 1. The first-order valence-electron chi connectivity index (χ1n) is 2.75. The zero-order chi connectivity index (χ0) is 7.11. The van der Waals surface area contributed by atoms with E-state index in [0.717, 1.165) is 11.6 Å². The molecule has 0 fully saturated rings. The van der Waals surface area contributed by atoms with Gasteiger partial charge in [-0.3, -0.25) is 4.99 Å². The normalized spacial score (nSPS) is 11.6. The lowest BCUT2D eigenvalue weighted by Crippen LogP contribution is -1.95. The Labute approximate surface area is 59.5 Å². The van der Waals surface area contributed by atoms with Gasteiger partial charge in [0.25, 0.3) is 0 Å². The van der Waals surface area contributed by atoms with Crippen LogP contribution >= 0.6 is 11.8 Å². The highest BCUT2D eigenvalue weighted by Crippen LogP contribution is 1.97. The van der Waals surface area contributed by atoms with Crippen molar-refractivity contribution in [3.63, 3.8) is 0 Å². The molecule has 0 amide bonds. The molecule has 0 saturated heterocycles. The van der Waals surface area contributed by atoms with Crippen LogP contribution in [0.25, 0.3) is 0 Å². The van der Waals surface area contributed by atoms with E-state index in [2.05, 4.69) is 10.1 Å². The van der Waals surface area contributed by atoms with Gasteiger partial charge < -0.3 is 0 Å². The predicted molar refractivity (Wildman–Crippen MR) is 41.5 cm³/mol. The maximum absolute atomic E-state index is 6.55. The second kappa shape index (κ2) is 5.75. The smallest absolute Gasteiger partial charge is 0.107 e. The van der Waals surface area contributed by atoms with E-state index in [1.807, 2.05) is 13.2 Å². The Morgan fingerprint density at radius 3 is 2.67 bits per heavy atom. The summed E-state index contributed by atoms with van der Waals surface area (Å²) in [7, 11) is 0. The molecule has 0 spiro atoms. The summed E-state index contributed by atoms with van der Waals surface area (Å²) in [6.07, 6.45) is 1.94. The molecule has 0 aromatic rings. The van der Waals surface area contributed by atoms with Crippen LogP contribution < -0.4 is 0 Å². The highest BCUT2D eigenvalue weighted by molar-refractivity contribution is 8.13. The number of aliphatic imine (C=N–C) groups is 1. The zero-order valence-electron chi connectivity index (χ0n) is 5.72. The molecule has 0 radical (unpaired) electrons. The summed E-state index contributed by atoms with van der Waals surface area (Å²) in [4.78, 5) is 4.10. The minimum atomic E-state index is 0.439. The summed E-state index contributed by atoms with van der Waals surface area (Å²) in [5.74, 6) is 0. The van der Waals surface area contributed by atoms with Crippen LogP contribution in [-0.4, -0.2) is 24.4 Å². The van der Waals surface area contributed by atoms with E-state index in [9.17, 15) is 0 Å². The fourth-order valence-corrected chi connectivity index (χ4v) is 0.875. The van der Waals surface area contributed by atoms with Crippen molar-refractivity contribution in [2.45, 2.75) is 6.92 Å². The fraction of sp³-hybridized carbons (Fsp3) is 0.800. The molecule has 0 heterocycles. The summed E-state index contributed by atoms with van der Waals surface area (Å²) in [5, 5.41) is 4.16. The van der Waals surface area contributed by atoms with E-state index in [1.165, 1.54) is 0 Å². The molecule has 9 heavy (non-hydrogen) atoms. The SMILES string of the molecule is CCN=C(CN=N)SC. The van der Waals surface area contributed by atoms with E-state index < -0.39 is 0 Å². The number of hydrogen-bond acceptors (Lipinski definition) is 4. The highest BCUT2D eigenvalue weighted by Gasteiger charge is 1.91. The Kier molecular flexibility index (Phi) is 5.51. The van der Waals surface area contributed by atoms with Crippen LogP contribution in [0.15, 0.2) is 10.1 Å². The van der Waals surface area contributed by atoms with Gasteiger partial charge in [-0.05, 0) is 13.2 Å². The Hall–Kier alpha value is -0.380. The minimum Gasteiger partial charge on any atom is -0.281 e. The quantitative estimate of drug-likeness (QED) is 0.367. The van der Waals surface area contributed by atoms with Crippen molar-refractivity contribution in [1.29, 1.82) is 5.53 Å². The third-order valence-electron chi connectivity index (χ3n) is 0.784. The van der Waals surface area contributed by atoms with E-state index in [-0.39, 0.29) is 0 Å². The Balaban J connectivity index is 3.65. The standard InChI is InChI=1S/C5H11N3S/c1-3-7-5(9-2)4-8-6/h6H,3-4H2,1-2H3. The van der Waals surface area contributed by atoms with E-state index in [0.29, 0.717) is 6.54 Å². The Bertz CT molecular complexity index is 111. The molecule has 3 nitrogen and oxygen atoms in total. The third-order valence-corrected chi connectivity index (χ3v) is 1.51. The van der Waals surface area contributed by atoms with Gasteiger partial charge >= 0.3 is 0 Å². The van der Waals surface area contributed by atoms with Crippen molar-refractivity contribution >= 4 is 16.8 Å². The van der Waals surface area contributed by atoms with Gasteiger partial charge in [-0.25, -0.2) is 5.53 Å². The minimum absolute atomic E-state index is 0.439. The molecule has 0 unspecified atom stereocenters. The summed E-state index contributed by atoms with van der Waals surface area (Å²) >= 11 is 1.56. The summed E-state index contributed by atoms with van der Waals surface area (Å²) in [6, 6.07) is 0. The molecular formula is C5H11N3S. The lowest BCUT2D eigenvalue weighted by Gasteiger charge is -1.93. The second-order valence-electron chi connectivity index (χ2n) is 1.39.